The van der Waals surface area contributed by atoms with Gasteiger partial charge in [-0.05, 0) is 35.9 Å². The van der Waals surface area contributed by atoms with Gasteiger partial charge in [-0.1, -0.05) is 35.5 Å². The zero-order valence-corrected chi connectivity index (χ0v) is 13.4. The van der Waals surface area contributed by atoms with E-state index in [1.54, 1.807) is 23.9 Å². The number of nitrogens with one attached hydrogen (secondary N) is 1. The number of benzene rings is 2. The zero-order valence-electron chi connectivity index (χ0n) is 11.8. The van der Waals surface area contributed by atoms with Crippen molar-refractivity contribution in [2.75, 3.05) is 7.11 Å². The largest absolute Gasteiger partial charge is 0.465 e. The Morgan fingerprint density at radius 2 is 2.05 bits per heavy atom. The number of fused-ring (bicyclic) bond motifs is 1. The second-order valence-corrected chi connectivity index (χ2v) is 6.08. The summed E-state index contributed by atoms with van der Waals surface area (Å²) in [5.41, 5.74) is 3.48. The lowest BCUT2D eigenvalue weighted by Gasteiger charge is -2.02. The summed E-state index contributed by atoms with van der Waals surface area (Å²) in [5.74, 6) is 0.433. The van der Waals surface area contributed by atoms with Gasteiger partial charge in [-0.15, -0.1) is 0 Å². The molecule has 1 heterocycles. The molecule has 0 atom stereocenters. The smallest absolute Gasteiger partial charge is 0.337 e. The molecule has 6 heteroatoms. The molecule has 0 fully saturated rings. The van der Waals surface area contributed by atoms with Crippen molar-refractivity contribution in [1.82, 2.24) is 9.97 Å². The van der Waals surface area contributed by atoms with Gasteiger partial charge in [-0.3, -0.25) is 0 Å². The van der Waals surface area contributed by atoms with Crippen LogP contribution in [0.15, 0.2) is 47.6 Å². The standard InChI is InChI=1S/C16H13ClN2O2S/c1-21-15(20)11-4-2-10(3-5-11)9-22-16-18-13-7-6-12(17)8-14(13)19-16/h2-8H,9H2,1H3,(H,18,19). The van der Waals surface area contributed by atoms with E-state index in [1.165, 1.54) is 7.11 Å². The van der Waals surface area contributed by atoms with E-state index in [-0.39, 0.29) is 5.97 Å². The normalized spacial score (nSPS) is 10.8. The van der Waals surface area contributed by atoms with Crippen molar-refractivity contribution in [1.29, 1.82) is 0 Å². The summed E-state index contributed by atoms with van der Waals surface area (Å²) < 4.78 is 4.68. The van der Waals surface area contributed by atoms with Crippen LogP contribution in [-0.4, -0.2) is 23.0 Å². The van der Waals surface area contributed by atoms with Gasteiger partial charge in [-0.25, -0.2) is 9.78 Å². The summed E-state index contributed by atoms with van der Waals surface area (Å²) >= 11 is 7.56. The van der Waals surface area contributed by atoms with Crippen LogP contribution in [0.2, 0.25) is 5.02 Å². The van der Waals surface area contributed by atoms with E-state index in [0.29, 0.717) is 10.6 Å². The van der Waals surface area contributed by atoms with Crippen LogP contribution in [0.1, 0.15) is 15.9 Å². The van der Waals surface area contributed by atoms with Gasteiger partial charge in [0.1, 0.15) is 0 Å². The maximum atomic E-state index is 11.4. The third-order valence-corrected chi connectivity index (χ3v) is 4.35. The minimum atomic E-state index is -0.326. The summed E-state index contributed by atoms with van der Waals surface area (Å²) in [6.45, 7) is 0. The van der Waals surface area contributed by atoms with Crippen LogP contribution in [0.3, 0.4) is 0 Å². The number of esters is 1. The molecule has 1 aromatic heterocycles. The van der Waals surface area contributed by atoms with Crippen LogP contribution in [-0.2, 0) is 10.5 Å². The van der Waals surface area contributed by atoms with E-state index < -0.39 is 0 Å². The van der Waals surface area contributed by atoms with E-state index in [0.717, 1.165) is 27.5 Å². The van der Waals surface area contributed by atoms with Crippen LogP contribution in [0.5, 0.6) is 0 Å². The number of hydrogen-bond acceptors (Lipinski definition) is 4. The SMILES string of the molecule is COC(=O)c1ccc(CSc2nc3ccc(Cl)cc3[nH]2)cc1. The number of carbonyl (C=O) groups is 1. The number of aromatic amines is 1. The number of thioether (sulfide) groups is 1. The summed E-state index contributed by atoms with van der Waals surface area (Å²) in [7, 11) is 1.37. The summed E-state index contributed by atoms with van der Waals surface area (Å²) in [4.78, 5) is 19.1. The lowest BCUT2D eigenvalue weighted by molar-refractivity contribution is 0.0600. The summed E-state index contributed by atoms with van der Waals surface area (Å²) in [6, 6.07) is 12.9. The van der Waals surface area contributed by atoms with E-state index in [2.05, 4.69) is 14.7 Å². The highest BCUT2D eigenvalue weighted by molar-refractivity contribution is 7.98. The molecular formula is C16H13ClN2O2S. The topological polar surface area (TPSA) is 55.0 Å². The number of hydrogen-bond donors (Lipinski definition) is 1. The van der Waals surface area contributed by atoms with Crippen LogP contribution >= 0.6 is 23.4 Å². The lowest BCUT2D eigenvalue weighted by Crippen LogP contribution is -2.00. The van der Waals surface area contributed by atoms with Crippen LogP contribution < -0.4 is 0 Å². The number of halogens is 1. The molecule has 1 N–H and O–H groups in total. The molecule has 0 radical (unpaired) electrons. The quantitative estimate of drug-likeness (QED) is 0.572. The third-order valence-electron chi connectivity index (χ3n) is 3.17. The molecule has 0 amide bonds. The highest BCUT2D eigenvalue weighted by Gasteiger charge is 2.06. The molecule has 0 aliphatic carbocycles. The average molecular weight is 333 g/mol. The first-order chi connectivity index (χ1) is 10.7. The van der Waals surface area contributed by atoms with E-state index in [4.69, 9.17) is 11.6 Å². The zero-order chi connectivity index (χ0) is 15.5. The van der Waals surface area contributed by atoms with Crippen LogP contribution in [0.25, 0.3) is 11.0 Å². The number of rotatable bonds is 4. The third kappa shape index (κ3) is 3.26. The van der Waals surface area contributed by atoms with Crippen molar-refractivity contribution < 1.29 is 9.53 Å². The molecule has 0 spiro atoms. The summed E-state index contributed by atoms with van der Waals surface area (Å²) in [5, 5.41) is 1.53. The molecule has 3 aromatic rings. The number of ether oxygens (including phenoxy) is 1. The van der Waals surface area contributed by atoms with Gasteiger partial charge in [0.2, 0.25) is 0 Å². The first-order valence-corrected chi connectivity index (χ1v) is 7.97. The Labute approximate surface area is 136 Å². The van der Waals surface area contributed by atoms with Gasteiger partial charge < -0.3 is 9.72 Å². The van der Waals surface area contributed by atoms with Gasteiger partial charge in [0.05, 0.1) is 23.7 Å². The van der Waals surface area contributed by atoms with E-state index >= 15 is 0 Å². The Morgan fingerprint density at radius 1 is 1.27 bits per heavy atom. The molecule has 0 unspecified atom stereocenters. The van der Waals surface area contributed by atoms with E-state index in [1.807, 2.05) is 30.3 Å². The molecule has 0 saturated heterocycles. The fourth-order valence-electron chi connectivity index (χ4n) is 2.03. The molecule has 3 rings (SSSR count). The van der Waals surface area contributed by atoms with Crippen LogP contribution in [0.4, 0.5) is 0 Å². The number of imidazole rings is 1. The Kier molecular flexibility index (Phi) is 4.36. The molecule has 112 valence electrons. The Hall–Kier alpha value is -1.98. The number of H-pyrrole nitrogens is 1. The first kappa shape index (κ1) is 14.9. The minimum Gasteiger partial charge on any atom is -0.465 e. The highest BCUT2D eigenvalue weighted by atomic mass is 35.5. The maximum absolute atomic E-state index is 11.4. The van der Waals surface area contributed by atoms with Crippen molar-refractivity contribution in [3.8, 4) is 0 Å². The van der Waals surface area contributed by atoms with Crippen molar-refractivity contribution in [2.24, 2.45) is 0 Å². The second-order valence-electron chi connectivity index (χ2n) is 4.68. The molecule has 22 heavy (non-hydrogen) atoms. The molecular weight excluding hydrogens is 320 g/mol. The van der Waals surface area contributed by atoms with E-state index in [9.17, 15) is 4.79 Å². The number of nitrogens with zero attached hydrogens (tertiary/aromatic N) is 1. The Bertz CT molecular complexity index is 815. The minimum absolute atomic E-state index is 0.326. The van der Waals surface area contributed by atoms with Crippen molar-refractivity contribution in [2.45, 2.75) is 10.9 Å². The number of methoxy groups -OCH3 is 1. The van der Waals surface area contributed by atoms with Gasteiger partial charge in [0, 0.05) is 10.8 Å². The lowest BCUT2D eigenvalue weighted by atomic mass is 10.1. The fraction of sp³-hybridized carbons (Fsp3) is 0.125. The maximum Gasteiger partial charge on any atom is 0.337 e. The molecule has 0 bridgehead atoms. The average Bonchev–Trinajstić information content (AvgIpc) is 2.94. The predicted molar refractivity (Wildman–Crippen MR) is 88.4 cm³/mol. The van der Waals surface area contributed by atoms with Crippen molar-refractivity contribution >= 4 is 40.4 Å². The predicted octanol–water partition coefficient (Wildman–Crippen LogP) is 4.30. The van der Waals surface area contributed by atoms with Gasteiger partial charge in [0.15, 0.2) is 5.16 Å². The van der Waals surface area contributed by atoms with Gasteiger partial charge in [0.25, 0.3) is 0 Å². The molecule has 2 aromatic carbocycles. The Balaban J connectivity index is 1.69. The summed E-state index contributed by atoms with van der Waals surface area (Å²) in [6.07, 6.45) is 0. The van der Waals surface area contributed by atoms with Crippen LogP contribution in [0, 0.1) is 0 Å². The van der Waals surface area contributed by atoms with Crippen molar-refractivity contribution in [3.63, 3.8) is 0 Å². The highest BCUT2D eigenvalue weighted by Crippen LogP contribution is 2.24. The number of aromatic nitrogens is 2. The Morgan fingerprint density at radius 3 is 2.77 bits per heavy atom. The first-order valence-electron chi connectivity index (χ1n) is 6.61. The monoisotopic (exact) mass is 332 g/mol. The van der Waals surface area contributed by atoms with Gasteiger partial charge >= 0.3 is 5.97 Å². The number of carbonyl (C=O) groups excluding carboxylic acids is 1. The molecule has 0 saturated carbocycles. The second kappa shape index (κ2) is 6.42. The van der Waals surface area contributed by atoms with Gasteiger partial charge in [-0.2, -0.15) is 0 Å². The molecule has 0 aliphatic rings. The van der Waals surface area contributed by atoms with Crippen molar-refractivity contribution in [3.05, 3.63) is 58.6 Å². The fourth-order valence-corrected chi connectivity index (χ4v) is 3.05. The molecule has 0 aliphatic heterocycles. The molecule has 4 nitrogen and oxygen atoms in total.